The van der Waals surface area contributed by atoms with Gasteiger partial charge in [0.2, 0.25) is 0 Å². The summed E-state index contributed by atoms with van der Waals surface area (Å²) < 4.78 is 28.8. The smallest absolute Gasteiger partial charge is 0.133 e. The number of aromatic nitrogens is 1. The van der Waals surface area contributed by atoms with Gasteiger partial charge in [-0.25, -0.2) is 8.78 Å². The Morgan fingerprint density at radius 3 is 2.65 bits per heavy atom. The molecule has 3 aromatic rings. The molecule has 2 atom stereocenters. The van der Waals surface area contributed by atoms with E-state index in [1.54, 1.807) is 30.6 Å². The molecular formula is C25H24ClF2NOS. The third-order valence-electron chi connectivity index (χ3n) is 4.82. The number of hydrogen-bond acceptors (Lipinski definition) is 3. The third kappa shape index (κ3) is 5.29. The van der Waals surface area contributed by atoms with Crippen LogP contribution in [-0.2, 0) is 0 Å². The number of thiophene rings is 1. The predicted octanol–water partition coefficient (Wildman–Crippen LogP) is 7.94. The number of aliphatic hydroxyl groups excluding tert-OH is 1. The maximum absolute atomic E-state index is 14.7. The number of rotatable bonds is 4. The number of pyridine rings is 1. The fourth-order valence-electron chi connectivity index (χ4n) is 3.59. The zero-order valence-electron chi connectivity index (χ0n) is 17.6. The van der Waals surface area contributed by atoms with E-state index in [4.69, 9.17) is 11.6 Å². The Labute approximate surface area is 190 Å². The molecule has 0 bridgehead atoms. The van der Waals surface area contributed by atoms with Gasteiger partial charge >= 0.3 is 0 Å². The lowest BCUT2D eigenvalue weighted by atomic mass is 9.87. The molecule has 1 N–H and O–H groups in total. The van der Waals surface area contributed by atoms with Crippen LogP contribution >= 0.6 is 22.9 Å². The lowest BCUT2D eigenvalue weighted by Crippen LogP contribution is -2.18. The van der Waals surface area contributed by atoms with Gasteiger partial charge in [0.25, 0.3) is 0 Å². The lowest BCUT2D eigenvalue weighted by Gasteiger charge is -2.23. The molecule has 2 unspecified atom stereocenters. The summed E-state index contributed by atoms with van der Waals surface area (Å²) in [7, 11) is 0. The van der Waals surface area contributed by atoms with Gasteiger partial charge in [-0.2, -0.15) is 0 Å². The number of halogens is 3. The summed E-state index contributed by atoms with van der Waals surface area (Å²) in [5, 5.41) is 13.7. The first-order valence-electron chi connectivity index (χ1n) is 10.1. The van der Waals surface area contributed by atoms with Gasteiger partial charge in [0, 0.05) is 39.8 Å². The molecular weight excluding hydrogens is 436 g/mol. The van der Waals surface area contributed by atoms with Gasteiger partial charge in [-0.05, 0) is 59.4 Å². The van der Waals surface area contributed by atoms with Crippen LogP contribution in [0, 0.1) is 0 Å². The minimum Gasteiger partial charge on any atom is -0.384 e. The van der Waals surface area contributed by atoms with Crippen molar-refractivity contribution in [2.24, 2.45) is 0 Å². The molecule has 2 aromatic heterocycles. The zero-order valence-corrected chi connectivity index (χ0v) is 19.1. The molecule has 4 rings (SSSR count). The molecule has 31 heavy (non-hydrogen) atoms. The molecule has 0 radical (unpaired) electrons. The fourth-order valence-corrected chi connectivity index (χ4v) is 4.91. The molecule has 2 heterocycles. The maximum Gasteiger partial charge on any atom is 0.133 e. The SMILES string of the molecule is CC.CC1(F)C=C(F)C=C(c2scc(-c3cccc(Cl)c3)c2C(O)c2cccnc2)C1. The van der Waals surface area contributed by atoms with Crippen molar-refractivity contribution in [3.63, 3.8) is 0 Å². The second-order valence-corrected chi connectivity index (χ2v) is 8.56. The maximum atomic E-state index is 14.7. The van der Waals surface area contributed by atoms with Gasteiger partial charge in [-0.15, -0.1) is 11.3 Å². The Hall–Kier alpha value is -2.34. The van der Waals surface area contributed by atoms with Crippen molar-refractivity contribution in [3.8, 4) is 11.1 Å². The third-order valence-corrected chi connectivity index (χ3v) is 6.12. The summed E-state index contributed by atoms with van der Waals surface area (Å²) in [6.45, 7) is 5.35. The molecule has 0 spiro atoms. The van der Waals surface area contributed by atoms with Gasteiger partial charge < -0.3 is 5.11 Å². The average molecular weight is 460 g/mol. The molecule has 0 saturated carbocycles. The van der Waals surface area contributed by atoms with E-state index < -0.39 is 17.6 Å². The molecule has 1 aromatic carbocycles. The highest BCUT2D eigenvalue weighted by atomic mass is 35.5. The summed E-state index contributed by atoms with van der Waals surface area (Å²) in [6, 6.07) is 10.8. The summed E-state index contributed by atoms with van der Waals surface area (Å²) in [5.41, 5.74) is 1.54. The van der Waals surface area contributed by atoms with Crippen molar-refractivity contribution in [2.75, 3.05) is 0 Å². The van der Waals surface area contributed by atoms with Gasteiger partial charge in [0.15, 0.2) is 0 Å². The molecule has 6 heteroatoms. The van der Waals surface area contributed by atoms with Crippen molar-refractivity contribution in [3.05, 3.63) is 93.2 Å². The summed E-state index contributed by atoms with van der Waals surface area (Å²) in [6.07, 6.45) is 4.57. The standard InChI is InChI=1S/C23H18ClF2NOS.C2H6/c1-23(26)10-16(9-18(25)11-23)22-20(21(28)15-5-3-7-27-12-15)19(13-29-22)14-4-2-6-17(24)8-14;1-2/h2-9,11-13,21,28H,10H2,1H3;1-2H3. The molecule has 1 aliphatic carbocycles. The highest BCUT2D eigenvalue weighted by Crippen LogP contribution is 2.46. The van der Waals surface area contributed by atoms with E-state index in [1.165, 1.54) is 24.3 Å². The first-order valence-corrected chi connectivity index (χ1v) is 11.3. The predicted molar refractivity (Wildman–Crippen MR) is 126 cm³/mol. The van der Waals surface area contributed by atoms with Crippen LogP contribution in [0.15, 0.2) is 72.2 Å². The normalized spacial score (nSPS) is 19.1. The van der Waals surface area contributed by atoms with Gasteiger partial charge in [-0.1, -0.05) is 43.6 Å². The van der Waals surface area contributed by atoms with E-state index >= 15 is 0 Å². The number of allylic oxidation sites excluding steroid dienone is 4. The molecule has 0 saturated heterocycles. The highest BCUT2D eigenvalue weighted by molar-refractivity contribution is 7.11. The van der Waals surface area contributed by atoms with E-state index in [9.17, 15) is 13.9 Å². The van der Waals surface area contributed by atoms with Crippen LogP contribution in [0.1, 0.15) is 49.3 Å². The second-order valence-electron chi connectivity index (χ2n) is 7.25. The first kappa shape index (κ1) is 23.3. The largest absolute Gasteiger partial charge is 0.384 e. The van der Waals surface area contributed by atoms with E-state index in [-0.39, 0.29) is 6.42 Å². The molecule has 2 nitrogen and oxygen atoms in total. The Morgan fingerprint density at radius 1 is 1.23 bits per heavy atom. The molecule has 1 aliphatic rings. The van der Waals surface area contributed by atoms with Crippen LogP contribution in [0.25, 0.3) is 16.7 Å². The van der Waals surface area contributed by atoms with Crippen LogP contribution < -0.4 is 0 Å². The van der Waals surface area contributed by atoms with Crippen molar-refractivity contribution >= 4 is 28.5 Å². The van der Waals surface area contributed by atoms with Gasteiger partial charge in [0.05, 0.1) is 0 Å². The van der Waals surface area contributed by atoms with E-state index in [0.29, 0.717) is 26.6 Å². The van der Waals surface area contributed by atoms with Crippen LogP contribution in [0.5, 0.6) is 0 Å². The topological polar surface area (TPSA) is 33.1 Å². The minimum atomic E-state index is -1.79. The second kappa shape index (κ2) is 9.86. The Balaban J connectivity index is 0.00000132. The average Bonchev–Trinajstić information content (AvgIpc) is 3.19. The van der Waals surface area contributed by atoms with Gasteiger partial charge in [-0.3, -0.25) is 4.98 Å². The Bertz CT molecular complexity index is 1110. The molecule has 0 amide bonds. The van der Waals surface area contributed by atoms with Crippen LogP contribution in [-0.4, -0.2) is 15.8 Å². The number of benzene rings is 1. The Kier molecular flexibility index (Phi) is 7.42. The van der Waals surface area contributed by atoms with E-state index in [1.807, 2.05) is 37.4 Å². The van der Waals surface area contributed by atoms with E-state index in [0.717, 1.165) is 17.2 Å². The fraction of sp³-hybridized carbons (Fsp3) is 0.240. The quantitative estimate of drug-likeness (QED) is 0.429. The Morgan fingerprint density at radius 2 is 2.00 bits per heavy atom. The number of aliphatic hydroxyl groups is 1. The summed E-state index contributed by atoms with van der Waals surface area (Å²) >= 11 is 7.53. The zero-order chi connectivity index (χ0) is 22.6. The number of hydrogen-bond donors (Lipinski definition) is 1. The number of alkyl halides is 1. The molecule has 0 aliphatic heterocycles. The number of nitrogens with zero attached hydrogens (tertiary/aromatic N) is 1. The van der Waals surface area contributed by atoms with Gasteiger partial charge in [0.1, 0.15) is 17.6 Å². The van der Waals surface area contributed by atoms with Crippen molar-refractivity contribution in [1.29, 1.82) is 0 Å². The molecule has 162 valence electrons. The highest BCUT2D eigenvalue weighted by Gasteiger charge is 2.31. The van der Waals surface area contributed by atoms with Crippen molar-refractivity contribution < 1.29 is 13.9 Å². The minimum absolute atomic E-state index is 0.0304. The lowest BCUT2D eigenvalue weighted by molar-refractivity contribution is 0.220. The monoisotopic (exact) mass is 459 g/mol. The van der Waals surface area contributed by atoms with Crippen LogP contribution in [0.4, 0.5) is 8.78 Å². The summed E-state index contributed by atoms with van der Waals surface area (Å²) in [4.78, 5) is 4.74. The van der Waals surface area contributed by atoms with Crippen LogP contribution in [0.2, 0.25) is 5.02 Å². The van der Waals surface area contributed by atoms with Crippen LogP contribution in [0.3, 0.4) is 0 Å². The van der Waals surface area contributed by atoms with E-state index in [2.05, 4.69) is 4.98 Å². The first-order chi connectivity index (χ1) is 14.8. The molecule has 0 fully saturated rings. The van der Waals surface area contributed by atoms with Crippen molar-refractivity contribution in [2.45, 2.75) is 39.0 Å². The van der Waals surface area contributed by atoms with Crippen molar-refractivity contribution in [1.82, 2.24) is 4.98 Å². The summed E-state index contributed by atoms with van der Waals surface area (Å²) in [5.74, 6) is -0.615.